The number of hydrogen-bond donors (Lipinski definition) is 2. The number of esters is 1. The molecule has 0 radical (unpaired) electrons. The predicted octanol–water partition coefficient (Wildman–Crippen LogP) is 1.27. The molecule has 30 heavy (non-hydrogen) atoms. The number of carbonyl (C=O) groups excluding carboxylic acids is 3. The SMILES string of the molecule is C[C@H](OC(=O)Cn1nc(C(N)=O)c2ccccc2c1=O)C(=O)NC1CCCCCC1. The second kappa shape index (κ2) is 9.51. The Kier molecular flexibility index (Phi) is 6.81. The summed E-state index contributed by atoms with van der Waals surface area (Å²) >= 11 is 0. The van der Waals surface area contributed by atoms with Crippen LogP contribution >= 0.6 is 0 Å². The molecule has 1 fully saturated rings. The van der Waals surface area contributed by atoms with Crippen LogP contribution in [0.15, 0.2) is 29.1 Å². The van der Waals surface area contributed by atoms with E-state index >= 15 is 0 Å². The van der Waals surface area contributed by atoms with Crippen LogP contribution in [0.25, 0.3) is 10.8 Å². The Morgan fingerprint density at radius 2 is 1.80 bits per heavy atom. The van der Waals surface area contributed by atoms with Crippen molar-refractivity contribution >= 4 is 28.6 Å². The van der Waals surface area contributed by atoms with Crippen molar-refractivity contribution in [2.45, 2.75) is 64.1 Å². The summed E-state index contributed by atoms with van der Waals surface area (Å²) < 4.78 is 6.02. The molecule has 0 aliphatic heterocycles. The molecule has 1 aliphatic rings. The zero-order valence-electron chi connectivity index (χ0n) is 16.9. The molecule has 2 amide bonds. The van der Waals surface area contributed by atoms with Crippen molar-refractivity contribution < 1.29 is 19.1 Å². The molecule has 1 atom stereocenters. The van der Waals surface area contributed by atoms with Gasteiger partial charge >= 0.3 is 5.97 Å². The molecule has 3 rings (SSSR count). The third-order valence-corrected chi connectivity index (χ3v) is 5.26. The summed E-state index contributed by atoms with van der Waals surface area (Å²) in [5.41, 5.74) is 4.70. The molecule has 0 unspecified atom stereocenters. The molecule has 9 nitrogen and oxygen atoms in total. The monoisotopic (exact) mass is 414 g/mol. The average Bonchev–Trinajstić information content (AvgIpc) is 2.98. The number of ether oxygens (including phenoxy) is 1. The van der Waals surface area contributed by atoms with Crippen LogP contribution < -0.4 is 16.6 Å². The highest BCUT2D eigenvalue weighted by Gasteiger charge is 2.23. The highest BCUT2D eigenvalue weighted by Crippen LogP contribution is 2.17. The van der Waals surface area contributed by atoms with E-state index in [1.54, 1.807) is 18.2 Å². The molecule has 0 bridgehead atoms. The number of fused-ring (bicyclic) bond motifs is 1. The second-order valence-electron chi connectivity index (χ2n) is 7.55. The first-order valence-electron chi connectivity index (χ1n) is 10.2. The van der Waals surface area contributed by atoms with Gasteiger partial charge in [0.15, 0.2) is 11.8 Å². The molecule has 0 saturated heterocycles. The lowest BCUT2D eigenvalue weighted by molar-refractivity contribution is -0.155. The average molecular weight is 414 g/mol. The van der Waals surface area contributed by atoms with Gasteiger partial charge in [0.05, 0.1) is 5.39 Å². The quantitative estimate of drug-likeness (QED) is 0.540. The molecule has 3 N–H and O–H groups in total. The number of benzene rings is 1. The fourth-order valence-electron chi connectivity index (χ4n) is 3.68. The van der Waals surface area contributed by atoms with Crippen molar-refractivity contribution in [3.63, 3.8) is 0 Å². The molecule has 1 aliphatic carbocycles. The predicted molar refractivity (Wildman–Crippen MR) is 110 cm³/mol. The van der Waals surface area contributed by atoms with Crippen molar-refractivity contribution in [2.24, 2.45) is 5.73 Å². The first-order chi connectivity index (χ1) is 14.4. The number of hydrogen-bond acceptors (Lipinski definition) is 6. The molecule has 9 heteroatoms. The topological polar surface area (TPSA) is 133 Å². The number of nitrogens with one attached hydrogen (secondary N) is 1. The molecule has 2 aromatic rings. The molecule has 1 aromatic carbocycles. The van der Waals surface area contributed by atoms with E-state index in [1.165, 1.54) is 13.0 Å². The normalized spacial score (nSPS) is 15.9. The molecular weight excluding hydrogens is 388 g/mol. The Morgan fingerprint density at radius 3 is 2.43 bits per heavy atom. The lowest BCUT2D eigenvalue weighted by Gasteiger charge is -2.19. The lowest BCUT2D eigenvalue weighted by atomic mass is 10.1. The number of nitrogens with two attached hydrogens (primary N) is 1. The zero-order chi connectivity index (χ0) is 21.7. The summed E-state index contributed by atoms with van der Waals surface area (Å²) in [7, 11) is 0. The van der Waals surface area contributed by atoms with Crippen LogP contribution in [0.1, 0.15) is 55.9 Å². The Bertz CT molecular complexity index is 1010. The van der Waals surface area contributed by atoms with Gasteiger partial charge in [-0.05, 0) is 25.8 Å². The van der Waals surface area contributed by atoms with Crippen molar-refractivity contribution in [2.75, 3.05) is 0 Å². The van der Waals surface area contributed by atoms with Crippen molar-refractivity contribution in [1.82, 2.24) is 15.1 Å². The first kappa shape index (κ1) is 21.5. The Hall–Kier alpha value is -3.23. The largest absolute Gasteiger partial charge is 0.451 e. The maximum Gasteiger partial charge on any atom is 0.328 e. The maximum absolute atomic E-state index is 12.6. The van der Waals surface area contributed by atoms with Crippen LogP contribution in [-0.2, 0) is 20.9 Å². The van der Waals surface area contributed by atoms with E-state index in [9.17, 15) is 19.2 Å². The van der Waals surface area contributed by atoms with Crippen LogP contribution in [0.4, 0.5) is 0 Å². The number of primary amides is 1. The lowest BCUT2D eigenvalue weighted by Crippen LogP contribution is -2.42. The molecule has 160 valence electrons. The van der Waals surface area contributed by atoms with E-state index < -0.39 is 30.1 Å². The van der Waals surface area contributed by atoms with Crippen molar-refractivity contribution in [1.29, 1.82) is 0 Å². The van der Waals surface area contributed by atoms with Crippen LogP contribution in [0.2, 0.25) is 0 Å². The van der Waals surface area contributed by atoms with Crippen LogP contribution in [-0.4, -0.2) is 39.7 Å². The van der Waals surface area contributed by atoms with E-state index in [0.717, 1.165) is 43.2 Å². The fourth-order valence-corrected chi connectivity index (χ4v) is 3.68. The molecular formula is C21H26N4O5. The minimum absolute atomic E-state index is 0.0871. The van der Waals surface area contributed by atoms with Gasteiger partial charge in [-0.2, -0.15) is 5.10 Å². The summed E-state index contributed by atoms with van der Waals surface area (Å²) in [4.78, 5) is 49.0. The Balaban J connectivity index is 1.69. The van der Waals surface area contributed by atoms with Gasteiger partial charge in [0.25, 0.3) is 17.4 Å². The van der Waals surface area contributed by atoms with Gasteiger partial charge in [-0.1, -0.05) is 43.9 Å². The van der Waals surface area contributed by atoms with Gasteiger partial charge in [0.1, 0.15) is 6.54 Å². The van der Waals surface area contributed by atoms with E-state index in [0.29, 0.717) is 5.39 Å². The van der Waals surface area contributed by atoms with E-state index in [4.69, 9.17) is 10.5 Å². The molecule has 0 spiro atoms. The van der Waals surface area contributed by atoms with Crippen LogP contribution in [0, 0.1) is 0 Å². The van der Waals surface area contributed by atoms with Crippen LogP contribution in [0.5, 0.6) is 0 Å². The van der Waals surface area contributed by atoms with E-state index in [1.807, 2.05) is 0 Å². The van der Waals surface area contributed by atoms with Gasteiger partial charge in [-0.25, -0.2) is 4.68 Å². The van der Waals surface area contributed by atoms with E-state index in [2.05, 4.69) is 10.4 Å². The first-order valence-corrected chi connectivity index (χ1v) is 10.2. The highest BCUT2D eigenvalue weighted by molar-refractivity contribution is 6.04. The summed E-state index contributed by atoms with van der Waals surface area (Å²) in [5.74, 6) is -1.99. The van der Waals surface area contributed by atoms with E-state index in [-0.39, 0.29) is 23.0 Å². The number of carbonyl (C=O) groups is 3. The third-order valence-electron chi connectivity index (χ3n) is 5.26. The fraction of sp³-hybridized carbons (Fsp3) is 0.476. The maximum atomic E-state index is 12.6. The van der Waals surface area contributed by atoms with Crippen LogP contribution in [0.3, 0.4) is 0 Å². The summed E-state index contributed by atoms with van der Waals surface area (Å²) in [5, 5.41) is 7.38. The number of aromatic nitrogens is 2. The van der Waals surface area contributed by atoms with Gasteiger partial charge in [-0.15, -0.1) is 0 Å². The standard InChI is InChI=1S/C21H26N4O5/c1-13(20(28)23-14-8-4-2-3-5-9-14)30-17(26)12-25-21(29)16-11-7-6-10-15(16)18(24-25)19(22)27/h6-7,10-11,13-14H,2-5,8-9,12H2,1H3,(H2,22,27)(H,23,28)/t13-/m0/s1. The smallest absolute Gasteiger partial charge is 0.328 e. The second-order valence-corrected chi connectivity index (χ2v) is 7.55. The Morgan fingerprint density at radius 1 is 1.17 bits per heavy atom. The summed E-state index contributed by atoms with van der Waals surface area (Å²) in [6, 6.07) is 6.47. The summed E-state index contributed by atoms with van der Waals surface area (Å²) in [6.07, 6.45) is 5.29. The minimum atomic E-state index is -1.01. The highest BCUT2D eigenvalue weighted by atomic mass is 16.5. The number of amides is 2. The molecule has 1 heterocycles. The number of nitrogens with zero attached hydrogens (tertiary/aromatic N) is 2. The third kappa shape index (κ3) is 5.03. The number of rotatable bonds is 6. The van der Waals surface area contributed by atoms with Gasteiger partial charge in [0, 0.05) is 11.4 Å². The van der Waals surface area contributed by atoms with Gasteiger partial charge in [0.2, 0.25) is 0 Å². The molecule has 1 aromatic heterocycles. The van der Waals surface area contributed by atoms with Crippen molar-refractivity contribution in [3.8, 4) is 0 Å². The van der Waals surface area contributed by atoms with Gasteiger partial charge < -0.3 is 15.8 Å². The molecule has 1 saturated carbocycles. The Labute approximate surface area is 173 Å². The zero-order valence-corrected chi connectivity index (χ0v) is 16.9. The van der Waals surface area contributed by atoms with Crippen molar-refractivity contribution in [3.05, 3.63) is 40.3 Å². The van der Waals surface area contributed by atoms with Gasteiger partial charge in [-0.3, -0.25) is 19.2 Å². The minimum Gasteiger partial charge on any atom is -0.451 e. The summed E-state index contributed by atoms with van der Waals surface area (Å²) in [6.45, 7) is 0.945.